The van der Waals surface area contributed by atoms with Gasteiger partial charge in [-0.2, -0.15) is 0 Å². The monoisotopic (exact) mass is 952 g/mol. The first-order chi connectivity index (χ1) is 33.1. The van der Waals surface area contributed by atoms with Crippen LogP contribution in [0, 0.1) is 0 Å². The van der Waals surface area contributed by atoms with Gasteiger partial charge in [0.15, 0.2) is 18.9 Å². The molecule has 6 aromatic carbocycles. The summed E-state index contributed by atoms with van der Waals surface area (Å²) < 4.78 is 35.4. The molecule has 16 heteroatoms. The number of amides is 4. The summed E-state index contributed by atoms with van der Waals surface area (Å²) in [6, 6.07) is 45.5. The fourth-order valence-electron chi connectivity index (χ4n) is 7.21. The summed E-state index contributed by atoms with van der Waals surface area (Å²) in [5.74, 6) is 0.157. The van der Waals surface area contributed by atoms with E-state index in [0.717, 1.165) is 39.6 Å². The molecule has 2 saturated heterocycles. The predicted octanol–water partition coefficient (Wildman–Crippen LogP) is 9.19. The largest absolute Gasteiger partial charge is 0.497 e. The summed E-state index contributed by atoms with van der Waals surface area (Å²) in [6.45, 7) is -0.390. The van der Waals surface area contributed by atoms with Gasteiger partial charge in [0.05, 0.1) is 28.7 Å². The van der Waals surface area contributed by atoms with E-state index in [1.165, 1.54) is 0 Å². The second-order valence-electron chi connectivity index (χ2n) is 15.5. The molecular weight excluding hydrogens is 909 g/mol. The molecule has 2 fully saturated rings. The van der Waals surface area contributed by atoms with Gasteiger partial charge in [-0.15, -0.1) is 0 Å². The summed E-state index contributed by atoms with van der Waals surface area (Å²) in [6.07, 6.45) is -0.992. The molecule has 2 aliphatic heterocycles. The van der Waals surface area contributed by atoms with Crippen LogP contribution in [0.2, 0.25) is 0 Å². The van der Waals surface area contributed by atoms with Crippen LogP contribution in [0.15, 0.2) is 158 Å². The lowest BCUT2D eigenvalue weighted by Gasteiger charge is -2.21. The number of thioether (sulfide) groups is 2. The number of carbonyl (C=O) groups is 6. The maximum atomic E-state index is 13.6. The van der Waals surface area contributed by atoms with Crippen molar-refractivity contribution < 1.29 is 57.2 Å². The Morgan fingerprint density at radius 3 is 1.56 bits per heavy atom. The highest BCUT2D eigenvalue weighted by Gasteiger charge is 2.40. The van der Waals surface area contributed by atoms with E-state index in [0.29, 0.717) is 51.7 Å². The van der Waals surface area contributed by atoms with E-state index in [1.807, 2.05) is 30.3 Å². The molecule has 0 radical (unpaired) electrons. The molecule has 4 atom stereocenters. The van der Waals surface area contributed by atoms with Gasteiger partial charge in [0.2, 0.25) is 11.8 Å². The highest BCUT2D eigenvalue weighted by molar-refractivity contribution is 8.15. The lowest BCUT2D eigenvalue weighted by molar-refractivity contribution is -0.128. The molecule has 1 N–H and O–H groups in total. The molecule has 346 valence electrons. The van der Waals surface area contributed by atoms with E-state index >= 15 is 0 Å². The van der Waals surface area contributed by atoms with E-state index in [-0.39, 0.29) is 37.5 Å². The third-order valence-electron chi connectivity index (χ3n) is 10.8. The zero-order chi connectivity index (χ0) is 47.4. The van der Waals surface area contributed by atoms with Gasteiger partial charge in [-0.25, -0.2) is 14.5 Å². The first-order valence-electron chi connectivity index (χ1n) is 21.4. The molecule has 68 heavy (non-hydrogen) atoms. The Morgan fingerprint density at radius 2 is 1.06 bits per heavy atom. The van der Waals surface area contributed by atoms with Crippen LogP contribution >= 0.6 is 23.5 Å². The molecule has 6 aromatic rings. The van der Waals surface area contributed by atoms with Gasteiger partial charge in [-0.1, -0.05) is 108 Å². The van der Waals surface area contributed by atoms with Gasteiger partial charge >= 0.3 is 11.9 Å². The third-order valence-corrected chi connectivity index (χ3v) is 12.9. The SMILES string of the molecule is COc1cccc([C@@H](COc2ccc(CC3SC(=O)N(COc4cccc(C(COc5ccc(CC6SC(=O)NC6=O)cc5)OC(=O)c5ccccc5)c4)C3=O)cc2)OC(=O)c2ccccc2)c1. The van der Waals surface area contributed by atoms with E-state index in [9.17, 15) is 28.8 Å². The van der Waals surface area contributed by atoms with Crippen molar-refractivity contribution in [1.29, 1.82) is 0 Å². The summed E-state index contributed by atoms with van der Waals surface area (Å²) in [5, 5.41) is 0.300. The second-order valence-corrected chi connectivity index (χ2v) is 17.8. The Bertz CT molecular complexity index is 2760. The van der Waals surface area contributed by atoms with Crippen molar-refractivity contribution in [2.45, 2.75) is 35.5 Å². The molecule has 0 aromatic heterocycles. The molecule has 2 aliphatic rings. The Hall–Kier alpha value is -7.56. The molecule has 0 saturated carbocycles. The standard InChI is InChI=1S/C52H44N2O12S2/c1-61-41-16-8-14-37(28-41)43(65-49(57)35-10-4-2-5-11-35)30-62-40-24-20-34(21-25-40)27-46-48(56)54(52(60)68-46)32-64-42-17-9-15-38(29-42)44(66-50(58)36-12-6-3-7-13-36)31-63-39-22-18-33(19-23-39)26-45-47(55)53-51(59)67-45/h2-25,28-29,43-46H,26-27,30-32H2,1H3,(H,53,55,59)/t43-,44?,45?,46?/m1/s1. The van der Waals surface area contributed by atoms with Gasteiger partial charge in [0.1, 0.15) is 36.2 Å². The molecule has 0 spiro atoms. The number of rotatable bonds is 20. The van der Waals surface area contributed by atoms with Crippen molar-refractivity contribution in [3.63, 3.8) is 0 Å². The maximum Gasteiger partial charge on any atom is 0.338 e. The van der Waals surface area contributed by atoms with Crippen molar-refractivity contribution in [2.24, 2.45) is 0 Å². The van der Waals surface area contributed by atoms with Crippen molar-refractivity contribution in [3.05, 3.63) is 191 Å². The van der Waals surface area contributed by atoms with Crippen molar-refractivity contribution in [2.75, 3.05) is 27.1 Å². The number of imide groups is 2. The Labute approximate surface area is 400 Å². The number of hydrogen-bond donors (Lipinski definition) is 1. The highest BCUT2D eigenvalue weighted by atomic mass is 32.2. The molecular formula is C52H44N2O12S2. The first kappa shape index (κ1) is 47.0. The molecule has 8 rings (SSSR count). The smallest absolute Gasteiger partial charge is 0.338 e. The number of carbonyl (C=O) groups excluding carboxylic acids is 6. The zero-order valence-corrected chi connectivity index (χ0v) is 38.2. The van der Waals surface area contributed by atoms with Gasteiger partial charge < -0.3 is 28.4 Å². The fourth-order valence-corrected chi connectivity index (χ4v) is 9.09. The summed E-state index contributed by atoms with van der Waals surface area (Å²) in [5.41, 5.74) is 3.64. The van der Waals surface area contributed by atoms with Crippen LogP contribution in [0.5, 0.6) is 23.0 Å². The third kappa shape index (κ3) is 12.3. The molecule has 14 nitrogen and oxygen atoms in total. The van der Waals surface area contributed by atoms with Crippen molar-refractivity contribution in [3.8, 4) is 23.0 Å². The minimum Gasteiger partial charge on any atom is -0.497 e. The van der Waals surface area contributed by atoms with E-state index in [2.05, 4.69) is 5.32 Å². The lowest BCUT2D eigenvalue weighted by Crippen LogP contribution is -2.35. The Kier molecular flexibility index (Phi) is 15.4. The van der Waals surface area contributed by atoms with Crippen LogP contribution in [0.4, 0.5) is 9.59 Å². The first-order valence-corrected chi connectivity index (χ1v) is 23.2. The number of nitrogens with one attached hydrogen (secondary N) is 1. The van der Waals surface area contributed by atoms with Gasteiger partial charge in [0.25, 0.3) is 10.5 Å². The average molecular weight is 953 g/mol. The number of benzene rings is 6. The van der Waals surface area contributed by atoms with Crippen LogP contribution in [0.3, 0.4) is 0 Å². The van der Waals surface area contributed by atoms with E-state index < -0.39 is 45.8 Å². The molecule has 3 unspecified atom stereocenters. The topological polar surface area (TPSA) is 173 Å². The van der Waals surface area contributed by atoms with Gasteiger partial charge in [0, 0.05) is 0 Å². The summed E-state index contributed by atoms with van der Waals surface area (Å²) in [4.78, 5) is 77.7. The van der Waals surface area contributed by atoms with Crippen LogP contribution in [-0.4, -0.2) is 76.7 Å². The number of ether oxygens (including phenoxy) is 6. The van der Waals surface area contributed by atoms with Gasteiger partial charge in [-0.3, -0.25) is 24.5 Å². The van der Waals surface area contributed by atoms with Crippen molar-refractivity contribution in [1.82, 2.24) is 10.2 Å². The van der Waals surface area contributed by atoms with Crippen LogP contribution in [0.1, 0.15) is 55.2 Å². The van der Waals surface area contributed by atoms with E-state index in [1.54, 1.807) is 135 Å². The lowest BCUT2D eigenvalue weighted by atomic mass is 10.1. The minimum atomic E-state index is -0.895. The number of nitrogens with zero attached hydrogens (tertiary/aromatic N) is 1. The quantitative estimate of drug-likeness (QED) is 0.0718. The van der Waals surface area contributed by atoms with Crippen LogP contribution < -0.4 is 24.3 Å². The van der Waals surface area contributed by atoms with E-state index in [4.69, 9.17) is 28.4 Å². The minimum absolute atomic E-state index is 0.0199. The second kappa shape index (κ2) is 22.3. The predicted molar refractivity (Wildman–Crippen MR) is 254 cm³/mol. The molecule has 0 aliphatic carbocycles. The molecule has 2 heterocycles. The average Bonchev–Trinajstić information content (AvgIpc) is 3.83. The maximum absolute atomic E-state index is 13.6. The molecule has 0 bridgehead atoms. The number of methoxy groups -OCH3 is 1. The number of hydrogen-bond acceptors (Lipinski definition) is 14. The normalized spacial score (nSPS) is 16.4. The summed E-state index contributed by atoms with van der Waals surface area (Å²) >= 11 is 1.88. The fraction of sp³-hybridized carbons (Fsp3) is 0.192. The Balaban J connectivity index is 0.867. The van der Waals surface area contributed by atoms with Crippen molar-refractivity contribution >= 4 is 57.8 Å². The summed E-state index contributed by atoms with van der Waals surface area (Å²) in [7, 11) is 1.56. The molecule has 4 amide bonds. The van der Waals surface area contributed by atoms with Gasteiger partial charge in [-0.05, 0) is 108 Å². The van der Waals surface area contributed by atoms with Crippen LogP contribution in [0.25, 0.3) is 0 Å². The number of esters is 2. The van der Waals surface area contributed by atoms with Crippen LogP contribution in [-0.2, 0) is 31.9 Å². The highest BCUT2D eigenvalue weighted by Crippen LogP contribution is 2.32. The zero-order valence-electron chi connectivity index (χ0n) is 36.5. The Morgan fingerprint density at radius 1 is 0.559 bits per heavy atom.